The highest BCUT2D eigenvalue weighted by atomic mass is 19.1. The molecule has 2 aromatic carbocycles. The third-order valence-corrected chi connectivity index (χ3v) is 4.59. The molecule has 0 bridgehead atoms. The van der Waals surface area contributed by atoms with Gasteiger partial charge in [0.2, 0.25) is 0 Å². The summed E-state index contributed by atoms with van der Waals surface area (Å²) in [5, 5.41) is 0. The maximum atomic E-state index is 13.9. The molecule has 0 spiro atoms. The Bertz CT molecular complexity index is 855. The molecule has 2 aromatic rings. The lowest BCUT2D eigenvalue weighted by atomic mass is 9.88. The zero-order chi connectivity index (χ0) is 20.3. The molecule has 3 nitrogen and oxygen atoms in total. The predicted molar refractivity (Wildman–Crippen MR) is 106 cm³/mol. The van der Waals surface area contributed by atoms with E-state index in [0.29, 0.717) is 31.5 Å². The Hall–Kier alpha value is -2.69. The summed E-state index contributed by atoms with van der Waals surface area (Å²) in [6.07, 6.45) is 0.924. The maximum absolute atomic E-state index is 13.9. The van der Waals surface area contributed by atoms with E-state index >= 15 is 0 Å². The van der Waals surface area contributed by atoms with Crippen LogP contribution in [0.15, 0.2) is 54.1 Å². The van der Waals surface area contributed by atoms with E-state index in [4.69, 9.17) is 4.74 Å². The molecule has 1 heterocycles. The van der Waals surface area contributed by atoms with Crippen molar-refractivity contribution in [2.75, 3.05) is 13.1 Å². The molecule has 0 saturated carbocycles. The van der Waals surface area contributed by atoms with E-state index in [0.717, 1.165) is 22.8 Å². The predicted octanol–water partition coefficient (Wildman–Crippen LogP) is 5.80. The van der Waals surface area contributed by atoms with Crippen molar-refractivity contribution in [2.45, 2.75) is 39.2 Å². The number of carbonyl (C=O) groups excluding carboxylic acids is 1. The van der Waals surface area contributed by atoms with Crippen LogP contribution in [-0.2, 0) is 4.74 Å². The minimum atomic E-state index is -0.602. The second-order valence-corrected chi connectivity index (χ2v) is 7.97. The number of amides is 1. The Morgan fingerprint density at radius 3 is 2.04 bits per heavy atom. The molecule has 1 amide bonds. The fourth-order valence-corrected chi connectivity index (χ4v) is 3.41. The number of halogens is 2. The van der Waals surface area contributed by atoms with Gasteiger partial charge in [-0.3, -0.25) is 0 Å². The lowest BCUT2D eigenvalue weighted by Gasteiger charge is -2.32. The van der Waals surface area contributed by atoms with Crippen molar-refractivity contribution >= 4 is 11.7 Å². The number of piperidine rings is 1. The van der Waals surface area contributed by atoms with Crippen LogP contribution in [0.3, 0.4) is 0 Å². The van der Waals surface area contributed by atoms with Crippen molar-refractivity contribution in [1.82, 2.24) is 4.90 Å². The van der Waals surface area contributed by atoms with Crippen LogP contribution in [0.2, 0.25) is 0 Å². The molecule has 0 radical (unpaired) electrons. The molecule has 0 N–H and O–H groups in total. The van der Waals surface area contributed by atoms with Gasteiger partial charge in [0.15, 0.2) is 0 Å². The van der Waals surface area contributed by atoms with Crippen LogP contribution in [0.1, 0.15) is 44.7 Å². The molecule has 3 rings (SSSR count). The topological polar surface area (TPSA) is 29.5 Å². The van der Waals surface area contributed by atoms with Crippen LogP contribution in [0, 0.1) is 11.6 Å². The molecule has 1 aliphatic heterocycles. The first kappa shape index (κ1) is 20.1. The van der Waals surface area contributed by atoms with Crippen molar-refractivity contribution in [2.24, 2.45) is 0 Å². The highest BCUT2D eigenvalue weighted by Crippen LogP contribution is 2.33. The zero-order valence-electron chi connectivity index (χ0n) is 16.5. The van der Waals surface area contributed by atoms with E-state index in [2.05, 4.69) is 0 Å². The summed E-state index contributed by atoms with van der Waals surface area (Å²) in [7, 11) is 0. The van der Waals surface area contributed by atoms with E-state index in [1.165, 1.54) is 12.1 Å². The monoisotopic (exact) mass is 385 g/mol. The molecule has 0 atom stereocenters. The quantitative estimate of drug-likeness (QED) is 0.654. The van der Waals surface area contributed by atoms with Crippen LogP contribution in [0.25, 0.3) is 5.57 Å². The molecule has 1 fully saturated rings. The smallest absolute Gasteiger partial charge is 0.410 e. The van der Waals surface area contributed by atoms with Crippen LogP contribution in [-0.4, -0.2) is 29.7 Å². The number of hydrogen-bond donors (Lipinski definition) is 0. The molecule has 148 valence electrons. The Morgan fingerprint density at radius 1 is 0.929 bits per heavy atom. The zero-order valence-corrected chi connectivity index (χ0v) is 16.5. The number of likely N-dealkylation sites (tertiary alicyclic amines) is 1. The minimum absolute atomic E-state index is 0.329. The van der Waals surface area contributed by atoms with Gasteiger partial charge >= 0.3 is 6.09 Å². The first-order chi connectivity index (χ1) is 13.2. The summed E-state index contributed by atoms with van der Waals surface area (Å²) in [5.74, 6) is -1.20. The molecule has 1 saturated heterocycles. The molecule has 0 unspecified atom stereocenters. The van der Waals surface area contributed by atoms with Gasteiger partial charge in [-0.05, 0) is 62.4 Å². The average molecular weight is 385 g/mol. The minimum Gasteiger partial charge on any atom is -0.444 e. The fourth-order valence-electron chi connectivity index (χ4n) is 3.41. The Labute approximate surface area is 164 Å². The summed E-state index contributed by atoms with van der Waals surface area (Å²) in [4.78, 5) is 14.0. The third kappa shape index (κ3) is 4.97. The Balaban J connectivity index is 1.91. The molecule has 28 heavy (non-hydrogen) atoms. The normalized spacial score (nSPS) is 14.8. The van der Waals surface area contributed by atoms with Gasteiger partial charge in [-0.15, -0.1) is 0 Å². The van der Waals surface area contributed by atoms with Crippen molar-refractivity contribution in [3.8, 4) is 0 Å². The van der Waals surface area contributed by atoms with E-state index in [1.807, 2.05) is 51.1 Å². The lowest BCUT2D eigenvalue weighted by molar-refractivity contribution is 0.0236. The number of benzene rings is 2. The highest BCUT2D eigenvalue weighted by molar-refractivity contribution is 5.82. The lowest BCUT2D eigenvalue weighted by Crippen LogP contribution is -2.40. The van der Waals surface area contributed by atoms with Crippen molar-refractivity contribution in [3.05, 3.63) is 76.9 Å². The van der Waals surface area contributed by atoms with Gasteiger partial charge in [0.25, 0.3) is 0 Å². The van der Waals surface area contributed by atoms with Crippen molar-refractivity contribution in [1.29, 1.82) is 0 Å². The first-order valence-corrected chi connectivity index (χ1v) is 9.45. The van der Waals surface area contributed by atoms with E-state index in [-0.39, 0.29) is 6.09 Å². The summed E-state index contributed by atoms with van der Waals surface area (Å²) in [5.41, 5.74) is 2.80. The number of hydrogen-bond acceptors (Lipinski definition) is 2. The average Bonchev–Trinajstić information content (AvgIpc) is 2.61. The van der Waals surface area contributed by atoms with Gasteiger partial charge in [-0.2, -0.15) is 0 Å². The van der Waals surface area contributed by atoms with Crippen LogP contribution < -0.4 is 0 Å². The van der Waals surface area contributed by atoms with E-state index in [1.54, 1.807) is 4.90 Å². The summed E-state index contributed by atoms with van der Waals surface area (Å²) in [6.45, 7) is 6.54. The number of rotatable bonds is 2. The van der Waals surface area contributed by atoms with E-state index in [9.17, 15) is 13.6 Å². The molecular weight excluding hydrogens is 360 g/mol. The van der Waals surface area contributed by atoms with E-state index < -0.39 is 17.2 Å². The molecule has 1 aliphatic rings. The molecule has 0 aromatic heterocycles. The molecule has 5 heteroatoms. The van der Waals surface area contributed by atoms with Gasteiger partial charge in [-0.25, -0.2) is 13.6 Å². The molecular formula is C23H25F2NO2. The SMILES string of the molecule is CC(C)(C)OC(=O)N1CCC(=C(c2ccccc2)c2cc(F)cc(F)c2)CC1. The number of ether oxygens (including phenoxy) is 1. The largest absolute Gasteiger partial charge is 0.444 e. The van der Waals surface area contributed by atoms with Gasteiger partial charge in [0, 0.05) is 19.2 Å². The fraction of sp³-hybridized carbons (Fsp3) is 0.348. The highest BCUT2D eigenvalue weighted by Gasteiger charge is 2.26. The first-order valence-electron chi connectivity index (χ1n) is 9.45. The second-order valence-electron chi connectivity index (χ2n) is 7.97. The van der Waals surface area contributed by atoms with Crippen LogP contribution in [0.5, 0.6) is 0 Å². The summed E-state index contributed by atoms with van der Waals surface area (Å²) in [6, 6.07) is 13.2. The molecule has 0 aliphatic carbocycles. The maximum Gasteiger partial charge on any atom is 0.410 e. The van der Waals surface area contributed by atoms with Crippen molar-refractivity contribution in [3.63, 3.8) is 0 Å². The second kappa shape index (κ2) is 8.13. The van der Waals surface area contributed by atoms with Crippen LogP contribution >= 0.6 is 0 Å². The Kier molecular flexibility index (Phi) is 5.82. The van der Waals surface area contributed by atoms with Gasteiger partial charge in [0.1, 0.15) is 17.2 Å². The number of nitrogens with zero attached hydrogens (tertiary/aromatic N) is 1. The summed E-state index contributed by atoms with van der Waals surface area (Å²) >= 11 is 0. The van der Waals surface area contributed by atoms with Gasteiger partial charge < -0.3 is 9.64 Å². The standard InChI is InChI=1S/C23H25F2NO2/c1-23(2,3)28-22(27)26-11-9-17(10-12-26)21(16-7-5-4-6-8-16)18-13-19(24)15-20(25)14-18/h4-8,13-15H,9-12H2,1-3H3. The van der Waals surface area contributed by atoms with Crippen LogP contribution in [0.4, 0.5) is 13.6 Å². The van der Waals surface area contributed by atoms with Gasteiger partial charge in [-0.1, -0.05) is 35.9 Å². The third-order valence-electron chi connectivity index (χ3n) is 4.59. The number of carbonyl (C=O) groups is 1. The summed E-state index contributed by atoms with van der Waals surface area (Å²) < 4.78 is 33.2. The Morgan fingerprint density at radius 2 is 1.50 bits per heavy atom. The van der Waals surface area contributed by atoms with Gasteiger partial charge in [0.05, 0.1) is 0 Å². The van der Waals surface area contributed by atoms with Crippen molar-refractivity contribution < 1.29 is 18.3 Å².